The molecular formula is C28H20BrN3O8. The molecule has 0 saturated carbocycles. The van der Waals surface area contributed by atoms with Gasteiger partial charge in [-0.2, -0.15) is 0 Å². The molecule has 4 aromatic rings. The maximum absolute atomic E-state index is 13.1. The van der Waals surface area contributed by atoms with E-state index in [2.05, 4.69) is 26.0 Å². The third-order valence-electron chi connectivity index (χ3n) is 6.14. The van der Waals surface area contributed by atoms with Crippen molar-refractivity contribution in [2.24, 2.45) is 0 Å². The van der Waals surface area contributed by atoms with Crippen LogP contribution in [0, 0.1) is 10.1 Å². The Hall–Kier alpha value is -4.97. The number of carbonyl (C=O) groups is 3. The number of ether oxygens (including phenoxy) is 2. The van der Waals surface area contributed by atoms with E-state index < -0.39 is 22.8 Å². The van der Waals surface area contributed by atoms with Gasteiger partial charge in [-0.25, -0.2) is 9.59 Å². The molecule has 1 fully saturated rings. The Morgan fingerprint density at radius 2 is 1.90 bits per heavy atom. The molecule has 40 heavy (non-hydrogen) atoms. The minimum atomic E-state index is -0.727. The van der Waals surface area contributed by atoms with E-state index in [4.69, 9.17) is 9.15 Å². The van der Waals surface area contributed by atoms with Crippen molar-refractivity contribution < 1.29 is 33.2 Å². The van der Waals surface area contributed by atoms with Crippen LogP contribution in [0.25, 0.3) is 16.8 Å². The Morgan fingerprint density at radius 1 is 1.12 bits per heavy atom. The molecule has 202 valence electrons. The van der Waals surface area contributed by atoms with Crippen molar-refractivity contribution in [2.45, 2.75) is 13.2 Å². The SMILES string of the molecule is COC(=O)c1ccc(CN2C(=O)N/C(=C\c3cc(Br)cc([N+](=O)[O-])c3OCc3cccc4ccccc34)C2=O)o1. The first-order valence-electron chi connectivity index (χ1n) is 11.8. The Labute approximate surface area is 235 Å². The fourth-order valence-corrected chi connectivity index (χ4v) is 4.73. The van der Waals surface area contributed by atoms with Crippen molar-refractivity contribution in [1.82, 2.24) is 10.2 Å². The number of esters is 1. The number of nitrogens with zero attached hydrogens (tertiary/aromatic N) is 2. The number of fused-ring (bicyclic) bond motifs is 1. The van der Waals surface area contributed by atoms with Gasteiger partial charge in [-0.1, -0.05) is 58.4 Å². The first-order chi connectivity index (χ1) is 19.2. The molecule has 1 N–H and O–H groups in total. The molecule has 0 aliphatic carbocycles. The number of urea groups is 1. The predicted molar refractivity (Wildman–Crippen MR) is 146 cm³/mol. The van der Waals surface area contributed by atoms with Crippen molar-refractivity contribution in [2.75, 3.05) is 7.11 Å². The smallest absolute Gasteiger partial charge is 0.373 e. The quantitative estimate of drug-likeness (QED) is 0.0904. The molecule has 0 spiro atoms. The van der Waals surface area contributed by atoms with E-state index >= 15 is 0 Å². The van der Waals surface area contributed by atoms with Crippen molar-refractivity contribution in [3.05, 3.63) is 110 Å². The average Bonchev–Trinajstić information content (AvgIpc) is 3.52. The number of carbonyl (C=O) groups excluding carboxylic acids is 3. The van der Waals surface area contributed by atoms with E-state index in [0.29, 0.717) is 4.47 Å². The maximum atomic E-state index is 13.1. The molecule has 1 aromatic heterocycles. The summed E-state index contributed by atoms with van der Waals surface area (Å²) < 4.78 is 16.3. The zero-order valence-electron chi connectivity index (χ0n) is 20.9. The molecule has 2 heterocycles. The number of amides is 3. The summed E-state index contributed by atoms with van der Waals surface area (Å²) in [4.78, 5) is 49.6. The first kappa shape index (κ1) is 26.6. The molecule has 1 saturated heterocycles. The summed E-state index contributed by atoms with van der Waals surface area (Å²) in [6.45, 7) is -0.227. The second-order valence-electron chi connectivity index (χ2n) is 8.66. The maximum Gasteiger partial charge on any atom is 0.373 e. The van der Waals surface area contributed by atoms with Gasteiger partial charge in [0, 0.05) is 16.1 Å². The van der Waals surface area contributed by atoms with Gasteiger partial charge in [0.15, 0.2) is 0 Å². The second-order valence-corrected chi connectivity index (χ2v) is 9.58. The summed E-state index contributed by atoms with van der Waals surface area (Å²) in [5.41, 5.74) is 0.584. The number of hydrogen-bond acceptors (Lipinski definition) is 8. The van der Waals surface area contributed by atoms with Gasteiger partial charge in [0.2, 0.25) is 11.5 Å². The van der Waals surface area contributed by atoms with Crippen LogP contribution in [0.15, 0.2) is 81.3 Å². The van der Waals surface area contributed by atoms with E-state index in [1.54, 1.807) is 6.07 Å². The number of nitro benzene ring substituents is 1. The molecule has 0 unspecified atom stereocenters. The van der Waals surface area contributed by atoms with Crippen LogP contribution in [0.4, 0.5) is 10.5 Å². The van der Waals surface area contributed by atoms with Gasteiger partial charge in [0.25, 0.3) is 5.91 Å². The Bertz CT molecular complexity index is 1710. The highest BCUT2D eigenvalue weighted by molar-refractivity contribution is 9.10. The van der Waals surface area contributed by atoms with Gasteiger partial charge < -0.3 is 19.2 Å². The summed E-state index contributed by atoms with van der Waals surface area (Å²) in [5.74, 6) is -1.35. The minimum Gasteiger partial charge on any atom is -0.481 e. The van der Waals surface area contributed by atoms with Crippen LogP contribution in [0.1, 0.15) is 27.4 Å². The monoisotopic (exact) mass is 605 g/mol. The highest BCUT2D eigenvalue weighted by Gasteiger charge is 2.35. The molecule has 0 bridgehead atoms. The number of methoxy groups -OCH3 is 1. The van der Waals surface area contributed by atoms with E-state index in [1.807, 2.05) is 42.5 Å². The van der Waals surface area contributed by atoms with Crippen LogP contribution >= 0.6 is 15.9 Å². The fourth-order valence-electron chi connectivity index (χ4n) is 4.27. The molecule has 0 atom stereocenters. The van der Waals surface area contributed by atoms with Gasteiger partial charge in [0.1, 0.15) is 18.1 Å². The van der Waals surface area contributed by atoms with Crippen LogP contribution in [-0.4, -0.2) is 34.8 Å². The third kappa shape index (κ3) is 5.29. The van der Waals surface area contributed by atoms with Crippen molar-refractivity contribution >= 4 is 56.4 Å². The summed E-state index contributed by atoms with van der Waals surface area (Å²) in [5, 5.41) is 16.3. The lowest BCUT2D eigenvalue weighted by atomic mass is 10.1. The average molecular weight is 606 g/mol. The van der Waals surface area contributed by atoms with E-state index in [1.165, 1.54) is 31.4 Å². The lowest BCUT2D eigenvalue weighted by Gasteiger charge is -2.13. The number of benzene rings is 3. The van der Waals surface area contributed by atoms with E-state index in [0.717, 1.165) is 21.2 Å². The minimum absolute atomic E-state index is 0.0213. The number of furan rings is 1. The van der Waals surface area contributed by atoms with Gasteiger partial charge in [-0.3, -0.25) is 19.8 Å². The lowest BCUT2D eigenvalue weighted by molar-refractivity contribution is -0.386. The van der Waals surface area contributed by atoms with Crippen LogP contribution in [-0.2, 0) is 22.7 Å². The largest absolute Gasteiger partial charge is 0.481 e. The number of nitrogens with one attached hydrogen (secondary N) is 1. The van der Waals surface area contributed by atoms with Gasteiger partial charge >= 0.3 is 17.7 Å². The summed E-state index contributed by atoms with van der Waals surface area (Å²) in [7, 11) is 1.20. The molecule has 1 aliphatic rings. The Kier molecular flexibility index (Phi) is 7.34. The lowest BCUT2D eigenvalue weighted by Crippen LogP contribution is -2.30. The molecule has 12 heteroatoms. The zero-order chi connectivity index (χ0) is 28.4. The van der Waals surface area contributed by atoms with Crippen molar-refractivity contribution in [1.29, 1.82) is 0 Å². The predicted octanol–water partition coefficient (Wildman–Crippen LogP) is 5.56. The Balaban J connectivity index is 1.45. The standard InChI is InChI=1S/C28H20BrN3O8/c1-38-27(34)24-10-9-20(40-24)14-31-26(33)22(30-28(31)35)12-18-11-19(29)13-23(32(36)37)25(18)39-15-17-7-4-6-16-5-2-3-8-21(16)17/h2-13H,14-15H2,1H3,(H,30,35)/b22-12-. The van der Waals surface area contributed by atoms with Gasteiger partial charge in [0.05, 0.1) is 18.6 Å². The molecule has 3 amide bonds. The summed E-state index contributed by atoms with van der Waals surface area (Å²) in [6.07, 6.45) is 1.32. The number of imide groups is 1. The van der Waals surface area contributed by atoms with Crippen LogP contribution < -0.4 is 10.1 Å². The number of nitro groups is 1. The zero-order valence-corrected chi connectivity index (χ0v) is 22.5. The molecule has 11 nitrogen and oxygen atoms in total. The van der Waals surface area contributed by atoms with Crippen molar-refractivity contribution in [3.63, 3.8) is 0 Å². The molecular weight excluding hydrogens is 586 g/mol. The highest BCUT2D eigenvalue weighted by Crippen LogP contribution is 2.37. The summed E-state index contributed by atoms with van der Waals surface area (Å²) in [6, 6.07) is 18.3. The summed E-state index contributed by atoms with van der Waals surface area (Å²) >= 11 is 3.27. The molecule has 1 aliphatic heterocycles. The van der Waals surface area contributed by atoms with Gasteiger partial charge in [-0.15, -0.1) is 0 Å². The van der Waals surface area contributed by atoms with E-state index in [9.17, 15) is 24.5 Å². The third-order valence-corrected chi connectivity index (χ3v) is 6.59. The normalized spacial score (nSPS) is 14.1. The topological polar surface area (TPSA) is 141 Å². The Morgan fingerprint density at radius 3 is 2.67 bits per heavy atom. The van der Waals surface area contributed by atoms with E-state index in [-0.39, 0.29) is 47.4 Å². The second kappa shape index (κ2) is 11.0. The first-order valence-corrected chi connectivity index (χ1v) is 12.6. The number of hydrogen-bond donors (Lipinski definition) is 1. The van der Waals surface area contributed by atoms with Crippen LogP contribution in [0.3, 0.4) is 0 Å². The van der Waals surface area contributed by atoms with Crippen LogP contribution in [0.5, 0.6) is 5.75 Å². The fraction of sp³-hybridized carbons (Fsp3) is 0.107. The molecule has 5 rings (SSSR count). The molecule has 3 aromatic carbocycles. The highest BCUT2D eigenvalue weighted by atomic mass is 79.9. The van der Waals surface area contributed by atoms with Gasteiger partial charge in [-0.05, 0) is 40.6 Å². The van der Waals surface area contributed by atoms with Crippen molar-refractivity contribution in [3.8, 4) is 5.75 Å². The number of halogens is 1. The number of rotatable bonds is 8. The van der Waals surface area contributed by atoms with Crippen LogP contribution in [0.2, 0.25) is 0 Å². The molecule has 0 radical (unpaired) electrons.